The third-order valence-corrected chi connectivity index (χ3v) is 13.9. The van der Waals surface area contributed by atoms with Gasteiger partial charge in [0.2, 0.25) is 0 Å². The highest BCUT2D eigenvalue weighted by molar-refractivity contribution is 6.24. The molecule has 0 aromatic heterocycles. The van der Waals surface area contributed by atoms with E-state index in [2.05, 4.69) is 203 Å². The molecule has 0 radical (unpaired) electrons. The molecule has 1 atom stereocenters. The smallest absolute Gasteiger partial charge is 0.00201 e. The van der Waals surface area contributed by atoms with Gasteiger partial charge in [0, 0.05) is 0 Å². The number of hydrogen-bond acceptors (Lipinski definition) is 0. The zero-order chi connectivity index (χ0) is 41.0. The average Bonchev–Trinajstić information content (AvgIpc) is 3.64. The summed E-state index contributed by atoms with van der Waals surface area (Å²) in [6.45, 7) is 6.98. The van der Waals surface area contributed by atoms with Crippen LogP contribution < -0.4 is 0 Å². The Labute approximate surface area is 360 Å². The van der Waals surface area contributed by atoms with Crippen molar-refractivity contribution in [2.24, 2.45) is 0 Å². The molecule has 0 amide bonds. The minimum atomic E-state index is 0.503. The Bertz CT molecular complexity index is 3230. The Morgan fingerprint density at radius 3 is 1.80 bits per heavy atom. The van der Waals surface area contributed by atoms with Crippen molar-refractivity contribution >= 4 is 54.2 Å². The quantitative estimate of drug-likeness (QED) is 0.141. The second-order valence-corrected chi connectivity index (χ2v) is 17.3. The summed E-state index contributed by atoms with van der Waals surface area (Å²) in [5.74, 6) is 0.503. The van der Waals surface area contributed by atoms with Gasteiger partial charge in [0.25, 0.3) is 0 Å². The van der Waals surface area contributed by atoms with E-state index in [1.165, 1.54) is 121 Å². The second-order valence-electron chi connectivity index (χ2n) is 17.3. The lowest BCUT2D eigenvalue weighted by Gasteiger charge is -2.21. The van der Waals surface area contributed by atoms with Gasteiger partial charge in [-0.3, -0.25) is 0 Å². The van der Waals surface area contributed by atoms with Crippen LogP contribution in [0.15, 0.2) is 188 Å². The first-order chi connectivity index (χ1) is 30.1. The third kappa shape index (κ3) is 6.28. The van der Waals surface area contributed by atoms with Crippen LogP contribution in [0.25, 0.3) is 87.6 Å². The van der Waals surface area contributed by atoms with E-state index in [1.54, 1.807) is 0 Å². The molecule has 0 heteroatoms. The van der Waals surface area contributed by atoms with E-state index in [0.29, 0.717) is 5.92 Å². The van der Waals surface area contributed by atoms with E-state index in [9.17, 15) is 0 Å². The maximum absolute atomic E-state index is 2.44. The summed E-state index contributed by atoms with van der Waals surface area (Å²) in [7, 11) is 0. The van der Waals surface area contributed by atoms with Gasteiger partial charge in [-0.1, -0.05) is 208 Å². The van der Waals surface area contributed by atoms with Crippen molar-refractivity contribution < 1.29 is 0 Å². The minimum Gasteiger partial charge on any atom is -0.0661 e. The van der Waals surface area contributed by atoms with Gasteiger partial charge in [-0.2, -0.15) is 0 Å². The molecule has 1 unspecified atom stereocenters. The minimum absolute atomic E-state index is 0.503. The molecule has 9 aromatic carbocycles. The van der Waals surface area contributed by atoms with Crippen molar-refractivity contribution in [3.05, 3.63) is 215 Å². The lowest BCUT2D eigenvalue weighted by molar-refractivity contribution is 0.734. The van der Waals surface area contributed by atoms with E-state index >= 15 is 0 Å². The summed E-state index contributed by atoms with van der Waals surface area (Å²) < 4.78 is 0. The Morgan fingerprint density at radius 1 is 0.459 bits per heavy atom. The molecule has 0 aliphatic heterocycles. The van der Waals surface area contributed by atoms with E-state index in [-0.39, 0.29) is 0 Å². The van der Waals surface area contributed by atoms with Gasteiger partial charge in [0.15, 0.2) is 0 Å². The van der Waals surface area contributed by atoms with Crippen LogP contribution in [0, 0.1) is 0 Å². The number of allylic oxidation sites excluding steroid dienone is 6. The Hall–Kier alpha value is -6.76. The van der Waals surface area contributed by atoms with Gasteiger partial charge in [0.1, 0.15) is 0 Å². The topological polar surface area (TPSA) is 0 Å². The van der Waals surface area contributed by atoms with Gasteiger partial charge in [-0.25, -0.2) is 0 Å². The predicted molar refractivity (Wildman–Crippen MR) is 264 cm³/mol. The molecule has 9 aromatic rings. The standard InChI is InChI=1S/C61H50/c1-4-39(3)48-23-13-17-43-33-34-45-35-36-56(53-25-14-26-57(58(43)48)60(45)53)61-54-21-10-8-19-51(54)59(52-20-9-11-22-55(52)61)44-31-29-41(30-32-44)46-28-27-40(5-2)37-47(38-46)50-24-12-16-42-15-6-7-18-49(42)50/h6-32,35-36,38-39H,4-5,33-34,37H2,1-3H3. The summed E-state index contributed by atoms with van der Waals surface area (Å²) >= 11 is 0. The molecule has 0 nitrogen and oxygen atoms in total. The summed E-state index contributed by atoms with van der Waals surface area (Å²) in [6, 6.07) is 62.0. The maximum Gasteiger partial charge on any atom is -0.00201 e. The Morgan fingerprint density at radius 2 is 1.07 bits per heavy atom. The van der Waals surface area contributed by atoms with Gasteiger partial charge in [0.05, 0.1) is 0 Å². The zero-order valence-corrected chi connectivity index (χ0v) is 35.4. The van der Waals surface area contributed by atoms with Crippen molar-refractivity contribution in [3.63, 3.8) is 0 Å². The lowest BCUT2D eigenvalue weighted by atomic mass is 9.82. The van der Waals surface area contributed by atoms with Gasteiger partial charge >= 0.3 is 0 Å². The van der Waals surface area contributed by atoms with Crippen molar-refractivity contribution in [2.45, 2.75) is 58.8 Å². The largest absolute Gasteiger partial charge is 0.0661 e. The number of hydrogen-bond donors (Lipinski definition) is 0. The molecule has 2 aliphatic carbocycles. The molecule has 61 heavy (non-hydrogen) atoms. The van der Waals surface area contributed by atoms with Gasteiger partial charge < -0.3 is 0 Å². The molecular weight excluding hydrogens is 733 g/mol. The fourth-order valence-corrected chi connectivity index (χ4v) is 10.6. The van der Waals surface area contributed by atoms with Crippen molar-refractivity contribution in [2.75, 3.05) is 0 Å². The third-order valence-electron chi connectivity index (χ3n) is 13.9. The monoisotopic (exact) mass is 782 g/mol. The van der Waals surface area contributed by atoms with E-state index < -0.39 is 0 Å². The molecule has 0 N–H and O–H groups in total. The van der Waals surface area contributed by atoms with Crippen LogP contribution in [0.2, 0.25) is 0 Å². The predicted octanol–water partition coefficient (Wildman–Crippen LogP) is 17.1. The summed E-state index contributed by atoms with van der Waals surface area (Å²) in [6.07, 6.45) is 12.4. The van der Waals surface area contributed by atoms with Gasteiger partial charge in [-0.15, -0.1) is 0 Å². The summed E-state index contributed by atoms with van der Waals surface area (Å²) in [4.78, 5) is 0. The Kier molecular flexibility index (Phi) is 9.38. The highest BCUT2D eigenvalue weighted by Crippen LogP contribution is 2.49. The molecule has 11 rings (SSSR count). The molecule has 0 fully saturated rings. The van der Waals surface area contributed by atoms with Crippen molar-refractivity contribution in [1.82, 2.24) is 0 Å². The Balaban J connectivity index is 1.07. The number of aryl methyl sites for hydroxylation is 2. The highest BCUT2D eigenvalue weighted by atomic mass is 14.3. The van der Waals surface area contributed by atoms with Crippen LogP contribution in [0.5, 0.6) is 0 Å². The second kappa shape index (κ2) is 15.4. The molecule has 2 aliphatic rings. The van der Waals surface area contributed by atoms with Crippen LogP contribution in [-0.2, 0) is 12.8 Å². The van der Waals surface area contributed by atoms with E-state index in [4.69, 9.17) is 0 Å². The van der Waals surface area contributed by atoms with Crippen LogP contribution in [0.1, 0.15) is 73.8 Å². The summed E-state index contributed by atoms with van der Waals surface area (Å²) in [5.41, 5.74) is 19.1. The summed E-state index contributed by atoms with van der Waals surface area (Å²) in [5, 5.41) is 10.5. The molecule has 0 saturated carbocycles. The average molecular weight is 783 g/mol. The highest BCUT2D eigenvalue weighted by Gasteiger charge is 2.24. The first-order valence-electron chi connectivity index (χ1n) is 22.4. The molecule has 0 bridgehead atoms. The van der Waals surface area contributed by atoms with Crippen LogP contribution in [0.3, 0.4) is 0 Å². The van der Waals surface area contributed by atoms with Crippen molar-refractivity contribution in [1.29, 1.82) is 0 Å². The zero-order valence-electron chi connectivity index (χ0n) is 35.4. The van der Waals surface area contributed by atoms with Crippen LogP contribution >= 0.6 is 0 Å². The van der Waals surface area contributed by atoms with E-state index in [0.717, 1.165) is 32.1 Å². The first-order valence-corrected chi connectivity index (χ1v) is 22.4. The van der Waals surface area contributed by atoms with E-state index in [1.807, 2.05) is 0 Å². The number of benzene rings is 9. The molecule has 0 spiro atoms. The van der Waals surface area contributed by atoms with Crippen LogP contribution in [-0.4, -0.2) is 0 Å². The normalized spacial score (nSPS) is 14.3. The lowest BCUT2D eigenvalue weighted by Crippen LogP contribution is -1.99. The molecular formula is C61H50. The van der Waals surface area contributed by atoms with Crippen molar-refractivity contribution in [3.8, 4) is 33.4 Å². The first kappa shape index (κ1) is 37.3. The molecule has 294 valence electrons. The molecule has 0 heterocycles. The number of rotatable bonds is 7. The number of fused-ring (bicyclic) bond motifs is 5. The fraction of sp³-hybridized carbons (Fsp3) is 0.148. The fourth-order valence-electron chi connectivity index (χ4n) is 10.6. The SMILES string of the molecule is CCC1=CC=C(c2ccc(-c3c4ccccc4c(-c4ccc5c6c(cccc46)-c4c(cccc4C(C)CC)CC5)c4ccccc34)cc2)C=C(c2cccc3ccccc23)C1. The van der Waals surface area contributed by atoms with Crippen LogP contribution in [0.4, 0.5) is 0 Å². The molecule has 0 saturated heterocycles. The maximum atomic E-state index is 2.44. The van der Waals surface area contributed by atoms with Gasteiger partial charge in [-0.05, 0) is 153 Å².